The van der Waals surface area contributed by atoms with Crippen LogP contribution in [0.1, 0.15) is 10.4 Å². The van der Waals surface area contributed by atoms with Crippen LogP contribution in [-0.2, 0) is 16.6 Å². The maximum absolute atomic E-state index is 12.7. The summed E-state index contributed by atoms with van der Waals surface area (Å²) < 4.78 is 35.9. The Hall–Kier alpha value is -3.13. The highest BCUT2D eigenvalue weighted by Gasteiger charge is 2.14. The normalized spacial score (nSPS) is 12.0. The van der Waals surface area contributed by atoms with E-state index in [2.05, 4.69) is 10.9 Å². The molecule has 0 spiro atoms. The summed E-state index contributed by atoms with van der Waals surface area (Å²) in [5.74, 6) is 2.90. The summed E-state index contributed by atoms with van der Waals surface area (Å²) in [5, 5.41) is 5.20. The van der Waals surface area contributed by atoms with Gasteiger partial charge in [0.1, 0.15) is 0 Å². The number of thiazole rings is 1. The number of aromatic nitrogens is 1. The third-order valence-corrected chi connectivity index (χ3v) is 6.01. The average Bonchev–Trinajstić information content (AvgIpc) is 3.03. The number of hydrogen-bond acceptors (Lipinski definition) is 6. The number of sulfonamides is 1. The van der Waals surface area contributed by atoms with Gasteiger partial charge in [0.2, 0.25) is 10.0 Å². The number of terminal acetylenes is 1. The fraction of sp³-hybridized carbons (Fsp3) is 0.158. The van der Waals surface area contributed by atoms with E-state index in [1.807, 2.05) is 0 Å². The van der Waals surface area contributed by atoms with Crippen molar-refractivity contribution < 1.29 is 22.7 Å². The zero-order valence-electron chi connectivity index (χ0n) is 15.6. The molecule has 150 valence electrons. The van der Waals surface area contributed by atoms with Gasteiger partial charge in [-0.05, 0) is 36.4 Å². The number of fused-ring (bicyclic) bond motifs is 1. The van der Waals surface area contributed by atoms with E-state index >= 15 is 0 Å². The quantitative estimate of drug-likeness (QED) is 0.618. The minimum absolute atomic E-state index is 0.0307. The van der Waals surface area contributed by atoms with Gasteiger partial charge in [0.25, 0.3) is 5.91 Å². The van der Waals surface area contributed by atoms with Gasteiger partial charge in [0.15, 0.2) is 16.3 Å². The number of nitrogens with zero attached hydrogens (tertiary/aromatic N) is 2. The first-order valence-electron chi connectivity index (χ1n) is 8.19. The maximum atomic E-state index is 12.7. The van der Waals surface area contributed by atoms with E-state index in [4.69, 9.17) is 21.0 Å². The van der Waals surface area contributed by atoms with Crippen LogP contribution in [0.15, 0.2) is 46.3 Å². The van der Waals surface area contributed by atoms with Crippen molar-refractivity contribution in [1.82, 2.24) is 4.57 Å². The molecule has 0 aliphatic rings. The van der Waals surface area contributed by atoms with Crippen molar-refractivity contribution in [2.75, 3.05) is 14.2 Å². The Bertz CT molecular complexity index is 1310. The minimum Gasteiger partial charge on any atom is -0.493 e. The molecule has 0 aliphatic heterocycles. The van der Waals surface area contributed by atoms with Gasteiger partial charge in [-0.1, -0.05) is 17.3 Å². The molecule has 0 fully saturated rings. The Kier molecular flexibility index (Phi) is 5.74. The van der Waals surface area contributed by atoms with Crippen LogP contribution in [0.4, 0.5) is 0 Å². The third kappa shape index (κ3) is 4.17. The Morgan fingerprint density at radius 3 is 2.55 bits per heavy atom. The Labute approximate surface area is 171 Å². The van der Waals surface area contributed by atoms with Crippen LogP contribution in [-0.4, -0.2) is 33.1 Å². The molecule has 3 rings (SSSR count). The van der Waals surface area contributed by atoms with E-state index in [1.165, 1.54) is 32.4 Å². The number of amides is 1. The van der Waals surface area contributed by atoms with Crippen molar-refractivity contribution in [2.24, 2.45) is 10.1 Å². The van der Waals surface area contributed by atoms with Crippen LogP contribution in [0.25, 0.3) is 10.2 Å². The van der Waals surface area contributed by atoms with Gasteiger partial charge in [0, 0.05) is 5.56 Å². The van der Waals surface area contributed by atoms with E-state index < -0.39 is 15.9 Å². The number of methoxy groups -OCH3 is 2. The summed E-state index contributed by atoms with van der Waals surface area (Å²) in [6.45, 7) is 0.159. The molecular formula is C19H17N3O5S2. The van der Waals surface area contributed by atoms with Gasteiger partial charge >= 0.3 is 0 Å². The molecule has 8 nitrogen and oxygen atoms in total. The SMILES string of the molecule is C#CCn1c(=NC(=O)c2ccc(OC)c(OC)c2)sc2cc(S(N)(=O)=O)ccc21. The van der Waals surface area contributed by atoms with E-state index in [1.54, 1.807) is 22.8 Å². The Morgan fingerprint density at radius 1 is 1.21 bits per heavy atom. The van der Waals surface area contributed by atoms with Crippen LogP contribution in [0.2, 0.25) is 0 Å². The summed E-state index contributed by atoms with van der Waals surface area (Å²) >= 11 is 1.14. The molecule has 0 bridgehead atoms. The number of nitrogens with two attached hydrogens (primary N) is 1. The van der Waals surface area contributed by atoms with Gasteiger partial charge in [-0.2, -0.15) is 4.99 Å². The predicted octanol–water partition coefficient (Wildman–Crippen LogP) is 1.74. The van der Waals surface area contributed by atoms with Crippen LogP contribution in [0, 0.1) is 12.3 Å². The summed E-state index contributed by atoms with van der Waals surface area (Å²) in [4.78, 5) is 17.2. The maximum Gasteiger partial charge on any atom is 0.279 e. The molecule has 1 heterocycles. The first-order valence-corrected chi connectivity index (χ1v) is 10.6. The van der Waals surface area contributed by atoms with Crippen molar-refractivity contribution in [3.63, 3.8) is 0 Å². The molecule has 0 aliphatic carbocycles. The number of carbonyl (C=O) groups excluding carboxylic acids is 1. The molecule has 1 amide bonds. The van der Waals surface area contributed by atoms with Gasteiger partial charge in [-0.25, -0.2) is 13.6 Å². The van der Waals surface area contributed by atoms with Gasteiger partial charge < -0.3 is 14.0 Å². The second-order valence-electron chi connectivity index (χ2n) is 5.84. The Morgan fingerprint density at radius 2 is 1.93 bits per heavy atom. The molecule has 0 unspecified atom stereocenters. The largest absolute Gasteiger partial charge is 0.493 e. The lowest BCUT2D eigenvalue weighted by Crippen LogP contribution is -2.16. The molecular weight excluding hydrogens is 414 g/mol. The van der Waals surface area contributed by atoms with Crippen LogP contribution in [0.3, 0.4) is 0 Å². The fourth-order valence-corrected chi connectivity index (χ4v) is 4.36. The molecule has 1 aromatic heterocycles. The molecule has 2 aromatic carbocycles. The molecule has 0 radical (unpaired) electrons. The number of benzene rings is 2. The first kappa shape index (κ1) is 20.6. The van der Waals surface area contributed by atoms with Crippen molar-refractivity contribution in [1.29, 1.82) is 0 Å². The minimum atomic E-state index is -3.86. The van der Waals surface area contributed by atoms with Gasteiger partial charge in [0.05, 0.1) is 35.9 Å². The zero-order chi connectivity index (χ0) is 21.2. The molecule has 0 saturated heterocycles. The highest BCUT2D eigenvalue weighted by atomic mass is 32.2. The summed E-state index contributed by atoms with van der Waals surface area (Å²) in [6.07, 6.45) is 5.45. The molecule has 0 saturated carbocycles. The van der Waals surface area contributed by atoms with Gasteiger partial charge in [-0.3, -0.25) is 4.79 Å². The lowest BCUT2D eigenvalue weighted by atomic mass is 10.2. The van der Waals surface area contributed by atoms with E-state index in [9.17, 15) is 13.2 Å². The molecule has 10 heteroatoms. The lowest BCUT2D eigenvalue weighted by molar-refractivity contribution is 0.0997. The number of hydrogen-bond donors (Lipinski definition) is 1. The van der Waals surface area contributed by atoms with Crippen LogP contribution < -0.4 is 19.4 Å². The standard InChI is InChI=1S/C19H17N3O5S2/c1-4-9-22-14-7-6-13(29(20,24)25)11-17(14)28-19(22)21-18(23)12-5-8-15(26-2)16(10-12)27-3/h1,5-8,10-11H,9H2,2-3H3,(H2,20,24,25). The molecule has 29 heavy (non-hydrogen) atoms. The average molecular weight is 431 g/mol. The molecule has 3 aromatic rings. The Balaban J connectivity index is 2.15. The smallest absolute Gasteiger partial charge is 0.279 e. The van der Waals surface area contributed by atoms with E-state index in [0.29, 0.717) is 32.1 Å². The summed E-state index contributed by atoms with van der Waals surface area (Å²) in [6, 6.07) is 9.12. The van der Waals surface area contributed by atoms with E-state index in [0.717, 1.165) is 11.3 Å². The number of carbonyl (C=O) groups is 1. The van der Waals surface area contributed by atoms with Crippen molar-refractivity contribution >= 4 is 37.5 Å². The highest BCUT2D eigenvalue weighted by molar-refractivity contribution is 7.89. The van der Waals surface area contributed by atoms with Crippen LogP contribution >= 0.6 is 11.3 Å². The van der Waals surface area contributed by atoms with E-state index in [-0.39, 0.29) is 11.4 Å². The number of primary sulfonamides is 1. The molecule has 2 N–H and O–H groups in total. The lowest BCUT2D eigenvalue weighted by Gasteiger charge is -2.07. The topological polar surface area (TPSA) is 113 Å². The predicted molar refractivity (Wildman–Crippen MR) is 109 cm³/mol. The third-order valence-electron chi connectivity index (χ3n) is 4.06. The van der Waals surface area contributed by atoms with Crippen molar-refractivity contribution in [3.8, 4) is 23.8 Å². The summed E-state index contributed by atoms with van der Waals surface area (Å²) in [7, 11) is -0.886. The summed E-state index contributed by atoms with van der Waals surface area (Å²) in [5.41, 5.74) is 0.955. The van der Waals surface area contributed by atoms with Crippen molar-refractivity contribution in [2.45, 2.75) is 11.4 Å². The number of ether oxygens (including phenoxy) is 2. The second kappa shape index (κ2) is 8.08. The molecule has 0 atom stereocenters. The number of rotatable bonds is 5. The van der Waals surface area contributed by atoms with Crippen LogP contribution in [0.5, 0.6) is 11.5 Å². The second-order valence-corrected chi connectivity index (χ2v) is 8.41. The van der Waals surface area contributed by atoms with Crippen molar-refractivity contribution in [3.05, 3.63) is 46.8 Å². The first-order chi connectivity index (χ1) is 13.8. The monoisotopic (exact) mass is 431 g/mol. The zero-order valence-corrected chi connectivity index (χ0v) is 17.2. The van der Waals surface area contributed by atoms with Gasteiger partial charge in [-0.15, -0.1) is 6.42 Å². The highest BCUT2D eigenvalue weighted by Crippen LogP contribution is 2.28. The fourth-order valence-electron chi connectivity index (χ4n) is 2.68.